The van der Waals surface area contributed by atoms with Crippen molar-refractivity contribution in [2.75, 3.05) is 32.8 Å². The van der Waals surface area contributed by atoms with Crippen molar-refractivity contribution in [3.8, 4) is 0 Å². The third kappa shape index (κ3) is 4.18. The van der Waals surface area contributed by atoms with Crippen LogP contribution in [0.3, 0.4) is 0 Å². The van der Waals surface area contributed by atoms with E-state index >= 15 is 0 Å². The molecule has 2 rings (SSSR count). The number of hydrogen-bond acceptors (Lipinski definition) is 4. The van der Waals surface area contributed by atoms with Gasteiger partial charge in [0.2, 0.25) is 5.91 Å². The molecule has 0 aromatic heterocycles. The second kappa shape index (κ2) is 6.86. The van der Waals surface area contributed by atoms with Crippen LogP contribution in [0, 0.1) is 5.92 Å². The summed E-state index contributed by atoms with van der Waals surface area (Å²) < 4.78 is 5.27. The van der Waals surface area contributed by atoms with Crippen LogP contribution in [0.25, 0.3) is 0 Å². The van der Waals surface area contributed by atoms with E-state index in [1.54, 1.807) is 0 Å². The Morgan fingerprint density at radius 3 is 2.58 bits per heavy atom. The van der Waals surface area contributed by atoms with Crippen LogP contribution < -0.4 is 5.32 Å². The van der Waals surface area contributed by atoms with Crippen molar-refractivity contribution < 1.29 is 19.4 Å². The van der Waals surface area contributed by atoms with Crippen LogP contribution in [0.15, 0.2) is 0 Å². The largest absolute Gasteiger partial charge is 0.480 e. The molecule has 2 aliphatic heterocycles. The van der Waals surface area contributed by atoms with Crippen LogP contribution in [0.1, 0.15) is 25.7 Å². The van der Waals surface area contributed by atoms with E-state index < -0.39 is 5.97 Å². The normalized spacial score (nSPS) is 25.3. The molecule has 2 saturated heterocycles. The van der Waals surface area contributed by atoms with E-state index in [9.17, 15) is 9.59 Å². The number of piperidine rings is 2. The molecule has 2 heterocycles. The third-order valence-electron chi connectivity index (χ3n) is 3.84. The number of carboxylic acid groups (broad SMARTS) is 1. The topological polar surface area (TPSA) is 78.9 Å². The molecule has 1 atom stereocenters. The van der Waals surface area contributed by atoms with Crippen molar-refractivity contribution in [1.82, 2.24) is 10.2 Å². The summed E-state index contributed by atoms with van der Waals surface area (Å²) in [5.74, 6) is -0.582. The number of carboxylic acids is 1. The minimum Gasteiger partial charge on any atom is -0.480 e. The van der Waals surface area contributed by atoms with Crippen LogP contribution in [0.5, 0.6) is 0 Å². The number of ether oxygens (including phenoxy) is 1. The number of rotatable bonds is 4. The number of amides is 1. The van der Waals surface area contributed by atoms with Crippen LogP contribution in [0.2, 0.25) is 0 Å². The van der Waals surface area contributed by atoms with E-state index in [4.69, 9.17) is 9.84 Å². The predicted octanol–water partition coefficient (Wildman–Crippen LogP) is 0.0782. The summed E-state index contributed by atoms with van der Waals surface area (Å²) in [5, 5.41) is 11.8. The highest BCUT2D eigenvalue weighted by Crippen LogP contribution is 2.19. The van der Waals surface area contributed by atoms with Crippen molar-refractivity contribution in [2.45, 2.75) is 31.8 Å². The van der Waals surface area contributed by atoms with Crippen LogP contribution >= 0.6 is 0 Å². The van der Waals surface area contributed by atoms with Crippen LogP contribution in [-0.2, 0) is 14.3 Å². The molecule has 108 valence electrons. The second-order valence-corrected chi connectivity index (χ2v) is 5.27. The molecule has 0 saturated carbocycles. The number of nitrogens with one attached hydrogen (secondary N) is 1. The van der Waals surface area contributed by atoms with Crippen LogP contribution in [-0.4, -0.2) is 60.8 Å². The molecule has 2 N–H and O–H groups in total. The summed E-state index contributed by atoms with van der Waals surface area (Å²) in [7, 11) is 0. The van der Waals surface area contributed by atoms with E-state index in [0.717, 1.165) is 38.8 Å². The van der Waals surface area contributed by atoms with Gasteiger partial charge < -0.3 is 20.1 Å². The van der Waals surface area contributed by atoms with Crippen molar-refractivity contribution >= 4 is 11.9 Å². The van der Waals surface area contributed by atoms with Gasteiger partial charge in [-0.15, -0.1) is 0 Å². The van der Waals surface area contributed by atoms with E-state index in [-0.39, 0.29) is 24.5 Å². The smallest absolute Gasteiger partial charge is 0.329 e. The average Bonchev–Trinajstić information content (AvgIpc) is 2.46. The lowest BCUT2D eigenvalue weighted by atomic mass is 9.96. The molecule has 0 bridgehead atoms. The molecule has 1 amide bonds. The number of carbonyl (C=O) groups is 2. The minimum absolute atomic E-state index is 0.0235. The number of nitrogens with zero attached hydrogens (tertiary/aromatic N) is 1. The zero-order valence-corrected chi connectivity index (χ0v) is 11.1. The maximum Gasteiger partial charge on any atom is 0.329 e. The Hall–Kier alpha value is -1.14. The highest BCUT2D eigenvalue weighted by molar-refractivity contribution is 5.79. The molecule has 2 fully saturated rings. The first-order valence-corrected chi connectivity index (χ1v) is 6.99. The van der Waals surface area contributed by atoms with Gasteiger partial charge in [0.25, 0.3) is 0 Å². The minimum atomic E-state index is -0.938. The fourth-order valence-corrected chi connectivity index (χ4v) is 2.75. The summed E-state index contributed by atoms with van der Waals surface area (Å²) in [6.07, 6.45) is 3.48. The van der Waals surface area contributed by atoms with Gasteiger partial charge in [-0.3, -0.25) is 4.79 Å². The van der Waals surface area contributed by atoms with Gasteiger partial charge in [-0.05, 0) is 32.2 Å². The van der Waals surface area contributed by atoms with Crippen molar-refractivity contribution in [2.24, 2.45) is 5.92 Å². The van der Waals surface area contributed by atoms with Crippen molar-refractivity contribution in [1.29, 1.82) is 0 Å². The van der Waals surface area contributed by atoms with Crippen molar-refractivity contribution in [3.05, 3.63) is 0 Å². The Labute approximate surface area is 113 Å². The molecule has 6 heteroatoms. The third-order valence-corrected chi connectivity index (χ3v) is 3.84. The second-order valence-electron chi connectivity index (χ2n) is 5.27. The molecule has 19 heavy (non-hydrogen) atoms. The fraction of sp³-hybridized carbons (Fsp3) is 0.846. The van der Waals surface area contributed by atoms with Crippen LogP contribution in [0.4, 0.5) is 0 Å². The molecule has 1 unspecified atom stereocenters. The van der Waals surface area contributed by atoms with Gasteiger partial charge in [0, 0.05) is 19.6 Å². The summed E-state index contributed by atoms with van der Waals surface area (Å²) in [4.78, 5) is 24.6. The molecule has 0 spiro atoms. The van der Waals surface area contributed by atoms with Gasteiger partial charge in [0.1, 0.15) is 6.61 Å². The molecule has 0 aromatic rings. The fourth-order valence-electron chi connectivity index (χ4n) is 2.75. The van der Waals surface area contributed by atoms with E-state index in [1.807, 2.05) is 4.90 Å². The van der Waals surface area contributed by atoms with E-state index in [1.165, 1.54) is 0 Å². The Bertz CT molecular complexity index is 321. The number of aliphatic carboxylic acids is 1. The van der Waals surface area contributed by atoms with Gasteiger partial charge in [-0.25, -0.2) is 4.79 Å². The Morgan fingerprint density at radius 1 is 1.26 bits per heavy atom. The number of hydrogen-bond donors (Lipinski definition) is 2. The number of carbonyl (C=O) groups excluding carboxylic acids is 1. The molecule has 0 aliphatic carbocycles. The summed E-state index contributed by atoms with van der Waals surface area (Å²) in [6.45, 7) is 2.91. The van der Waals surface area contributed by atoms with E-state index in [0.29, 0.717) is 13.1 Å². The predicted molar refractivity (Wildman–Crippen MR) is 68.8 cm³/mol. The first-order valence-electron chi connectivity index (χ1n) is 6.99. The SMILES string of the molecule is O=C(O)COC1CCN(C(=O)C2CCCNC2)CC1. The summed E-state index contributed by atoms with van der Waals surface area (Å²) >= 11 is 0. The Morgan fingerprint density at radius 2 is 2.00 bits per heavy atom. The zero-order chi connectivity index (χ0) is 13.7. The first-order chi connectivity index (χ1) is 9.16. The summed E-state index contributed by atoms with van der Waals surface area (Å²) in [5.41, 5.74) is 0. The maximum atomic E-state index is 12.3. The monoisotopic (exact) mass is 270 g/mol. The molecule has 2 aliphatic rings. The van der Waals surface area contributed by atoms with Gasteiger partial charge in [-0.1, -0.05) is 0 Å². The van der Waals surface area contributed by atoms with E-state index in [2.05, 4.69) is 5.32 Å². The highest BCUT2D eigenvalue weighted by Gasteiger charge is 2.29. The van der Waals surface area contributed by atoms with Gasteiger partial charge >= 0.3 is 5.97 Å². The quantitative estimate of drug-likeness (QED) is 0.756. The standard InChI is InChI=1S/C13H22N2O4/c16-12(17)9-19-11-3-6-15(7-4-11)13(18)10-2-1-5-14-8-10/h10-11,14H,1-9H2,(H,16,17). The maximum absolute atomic E-state index is 12.3. The molecule has 0 aromatic carbocycles. The average molecular weight is 270 g/mol. The lowest BCUT2D eigenvalue weighted by Gasteiger charge is -2.35. The molecular formula is C13H22N2O4. The Kier molecular flexibility index (Phi) is 5.15. The first kappa shape index (κ1) is 14.3. The van der Waals surface area contributed by atoms with Gasteiger partial charge in [-0.2, -0.15) is 0 Å². The molecular weight excluding hydrogens is 248 g/mol. The Balaban J connectivity index is 1.72. The highest BCUT2D eigenvalue weighted by atomic mass is 16.5. The van der Waals surface area contributed by atoms with Gasteiger partial charge in [0.15, 0.2) is 0 Å². The lowest BCUT2D eigenvalue weighted by Crippen LogP contribution is -2.47. The zero-order valence-electron chi connectivity index (χ0n) is 11.1. The summed E-state index contributed by atoms with van der Waals surface area (Å²) in [6, 6.07) is 0. The number of likely N-dealkylation sites (tertiary alicyclic amines) is 1. The van der Waals surface area contributed by atoms with Crippen molar-refractivity contribution in [3.63, 3.8) is 0 Å². The molecule has 0 radical (unpaired) electrons. The lowest BCUT2D eigenvalue weighted by molar-refractivity contribution is -0.147. The van der Waals surface area contributed by atoms with Gasteiger partial charge in [0.05, 0.1) is 12.0 Å². The molecule has 6 nitrogen and oxygen atoms in total.